The van der Waals surface area contributed by atoms with Crippen molar-refractivity contribution in [3.8, 4) is 0 Å². The number of esters is 2. The standard InChI is InChI=1S/C11H22O2.C9H18O2/c1-4-5-6-7-8-11(12)13-9-10(2)3;1-3-4-5-6-7-8-9(10)11-2/h10H,4-9H2,1-3H3;3-8H2,1-2H3. The first-order chi connectivity index (χ1) is 11.5. The summed E-state index contributed by atoms with van der Waals surface area (Å²) in [5, 5.41) is 0. The average molecular weight is 345 g/mol. The second-order valence-corrected chi connectivity index (χ2v) is 6.63. The monoisotopic (exact) mass is 344 g/mol. The van der Waals surface area contributed by atoms with Crippen molar-refractivity contribution in [3.05, 3.63) is 0 Å². The SMILES string of the molecule is CCCCCCC(=O)OCC(C)C.CCCCCCCC(=O)OC. The van der Waals surface area contributed by atoms with Gasteiger partial charge in [-0.25, -0.2) is 0 Å². The molecule has 0 saturated carbocycles. The Morgan fingerprint density at radius 2 is 1.21 bits per heavy atom. The summed E-state index contributed by atoms with van der Waals surface area (Å²) < 4.78 is 9.56. The van der Waals surface area contributed by atoms with E-state index in [9.17, 15) is 9.59 Å². The largest absolute Gasteiger partial charge is 0.469 e. The van der Waals surface area contributed by atoms with Crippen molar-refractivity contribution in [2.24, 2.45) is 5.92 Å². The lowest BCUT2D eigenvalue weighted by Gasteiger charge is -2.06. The average Bonchev–Trinajstić information content (AvgIpc) is 2.57. The van der Waals surface area contributed by atoms with Crippen molar-refractivity contribution in [2.75, 3.05) is 13.7 Å². The summed E-state index contributed by atoms with van der Waals surface area (Å²) in [5.41, 5.74) is 0. The molecule has 0 bridgehead atoms. The van der Waals surface area contributed by atoms with Crippen molar-refractivity contribution in [1.29, 1.82) is 0 Å². The number of rotatable bonds is 13. The molecule has 0 aromatic rings. The number of unbranched alkanes of at least 4 members (excludes halogenated alkanes) is 7. The Morgan fingerprint density at radius 1 is 0.750 bits per heavy atom. The lowest BCUT2D eigenvalue weighted by molar-refractivity contribution is -0.145. The third-order valence-corrected chi connectivity index (χ3v) is 3.52. The zero-order chi connectivity index (χ0) is 18.6. The summed E-state index contributed by atoms with van der Waals surface area (Å²) in [5.74, 6) is 0.325. The fourth-order valence-electron chi connectivity index (χ4n) is 2.00. The van der Waals surface area contributed by atoms with Gasteiger partial charge in [0.1, 0.15) is 0 Å². The molecule has 0 heterocycles. The zero-order valence-electron chi connectivity index (χ0n) is 16.7. The first kappa shape index (κ1) is 25.2. The molecule has 0 fully saturated rings. The normalized spacial score (nSPS) is 10.1. The third-order valence-electron chi connectivity index (χ3n) is 3.52. The van der Waals surface area contributed by atoms with Gasteiger partial charge in [-0.1, -0.05) is 72.6 Å². The molecule has 24 heavy (non-hydrogen) atoms. The number of hydrogen-bond acceptors (Lipinski definition) is 4. The number of carbonyl (C=O) groups excluding carboxylic acids is 2. The molecule has 0 aliphatic rings. The molecule has 0 aliphatic heterocycles. The zero-order valence-corrected chi connectivity index (χ0v) is 16.7. The highest BCUT2D eigenvalue weighted by Crippen LogP contribution is 2.05. The molecule has 0 amide bonds. The molecule has 0 aromatic heterocycles. The molecule has 0 unspecified atom stereocenters. The molecule has 0 atom stereocenters. The van der Waals surface area contributed by atoms with Crippen molar-refractivity contribution >= 4 is 11.9 Å². The summed E-state index contributed by atoms with van der Waals surface area (Å²) in [6.45, 7) is 9.00. The molecular weight excluding hydrogens is 304 g/mol. The van der Waals surface area contributed by atoms with Crippen LogP contribution in [-0.4, -0.2) is 25.7 Å². The molecule has 0 radical (unpaired) electrons. The van der Waals surface area contributed by atoms with Crippen molar-refractivity contribution in [3.63, 3.8) is 0 Å². The van der Waals surface area contributed by atoms with E-state index in [-0.39, 0.29) is 11.9 Å². The number of carbonyl (C=O) groups is 2. The minimum atomic E-state index is -0.0819. The second-order valence-electron chi connectivity index (χ2n) is 6.63. The van der Waals surface area contributed by atoms with Gasteiger partial charge < -0.3 is 9.47 Å². The van der Waals surface area contributed by atoms with Crippen LogP contribution in [0.4, 0.5) is 0 Å². The maximum absolute atomic E-state index is 11.1. The minimum Gasteiger partial charge on any atom is -0.469 e. The number of methoxy groups -OCH3 is 1. The van der Waals surface area contributed by atoms with Gasteiger partial charge in [-0.2, -0.15) is 0 Å². The fraction of sp³-hybridized carbons (Fsp3) is 0.900. The van der Waals surface area contributed by atoms with Gasteiger partial charge in [0, 0.05) is 12.8 Å². The molecule has 0 rings (SSSR count). The van der Waals surface area contributed by atoms with Crippen LogP contribution >= 0.6 is 0 Å². The molecule has 4 nitrogen and oxygen atoms in total. The molecule has 0 saturated heterocycles. The topological polar surface area (TPSA) is 52.6 Å². The van der Waals surface area contributed by atoms with Crippen LogP contribution in [0.25, 0.3) is 0 Å². The van der Waals surface area contributed by atoms with Gasteiger partial charge in [-0.3, -0.25) is 9.59 Å². The Morgan fingerprint density at radius 3 is 1.67 bits per heavy atom. The Balaban J connectivity index is 0. The van der Waals surface area contributed by atoms with E-state index >= 15 is 0 Å². The van der Waals surface area contributed by atoms with E-state index in [2.05, 4.69) is 18.6 Å². The summed E-state index contributed by atoms with van der Waals surface area (Å²) >= 11 is 0. The van der Waals surface area contributed by atoms with E-state index in [0.29, 0.717) is 25.4 Å². The molecule has 4 heteroatoms. The van der Waals surface area contributed by atoms with E-state index in [1.54, 1.807) is 0 Å². The maximum Gasteiger partial charge on any atom is 0.305 e. The summed E-state index contributed by atoms with van der Waals surface area (Å²) in [4.78, 5) is 21.7. The van der Waals surface area contributed by atoms with Gasteiger partial charge in [0.2, 0.25) is 0 Å². The fourth-order valence-corrected chi connectivity index (χ4v) is 2.00. The number of ether oxygens (including phenoxy) is 2. The molecular formula is C20H40O4. The number of hydrogen-bond donors (Lipinski definition) is 0. The quantitative estimate of drug-likeness (QED) is 0.319. The van der Waals surface area contributed by atoms with Gasteiger partial charge >= 0.3 is 11.9 Å². The van der Waals surface area contributed by atoms with E-state index in [4.69, 9.17) is 4.74 Å². The van der Waals surface area contributed by atoms with E-state index < -0.39 is 0 Å². The highest BCUT2D eigenvalue weighted by atomic mass is 16.5. The van der Waals surface area contributed by atoms with E-state index in [1.807, 2.05) is 13.8 Å². The van der Waals surface area contributed by atoms with Gasteiger partial charge in [0.05, 0.1) is 13.7 Å². The van der Waals surface area contributed by atoms with Crippen molar-refractivity contribution in [2.45, 2.75) is 98.3 Å². The molecule has 0 spiro atoms. The summed E-state index contributed by atoms with van der Waals surface area (Å²) in [7, 11) is 1.44. The highest BCUT2D eigenvalue weighted by Gasteiger charge is 2.03. The van der Waals surface area contributed by atoms with Crippen LogP contribution in [0.2, 0.25) is 0 Å². The predicted molar refractivity (Wildman–Crippen MR) is 99.9 cm³/mol. The van der Waals surface area contributed by atoms with Gasteiger partial charge in [0.25, 0.3) is 0 Å². The molecule has 0 N–H and O–H groups in total. The van der Waals surface area contributed by atoms with Gasteiger partial charge in [-0.05, 0) is 18.8 Å². The summed E-state index contributed by atoms with van der Waals surface area (Å²) in [6, 6.07) is 0. The minimum absolute atomic E-state index is 0.0372. The van der Waals surface area contributed by atoms with Gasteiger partial charge in [0.15, 0.2) is 0 Å². The van der Waals surface area contributed by atoms with E-state index in [1.165, 1.54) is 39.2 Å². The van der Waals surface area contributed by atoms with E-state index in [0.717, 1.165) is 25.7 Å². The molecule has 144 valence electrons. The van der Waals surface area contributed by atoms with Crippen LogP contribution in [0, 0.1) is 5.92 Å². The van der Waals surface area contributed by atoms with Crippen LogP contribution in [-0.2, 0) is 19.1 Å². The predicted octanol–water partition coefficient (Wildman–Crippen LogP) is 5.68. The Kier molecular flexibility index (Phi) is 21.0. The smallest absolute Gasteiger partial charge is 0.305 e. The maximum atomic E-state index is 11.1. The molecule has 0 aliphatic carbocycles. The first-order valence-corrected chi connectivity index (χ1v) is 9.70. The van der Waals surface area contributed by atoms with Crippen LogP contribution in [0.15, 0.2) is 0 Å². The third kappa shape index (κ3) is 23.2. The van der Waals surface area contributed by atoms with Crippen LogP contribution in [0.1, 0.15) is 98.3 Å². The Labute approximate surface area is 149 Å². The Hall–Kier alpha value is -1.06. The van der Waals surface area contributed by atoms with Crippen LogP contribution in [0.3, 0.4) is 0 Å². The second kappa shape index (κ2) is 20.0. The Bertz CT molecular complexity index is 287. The van der Waals surface area contributed by atoms with Crippen molar-refractivity contribution in [1.82, 2.24) is 0 Å². The van der Waals surface area contributed by atoms with Gasteiger partial charge in [-0.15, -0.1) is 0 Å². The van der Waals surface area contributed by atoms with Crippen molar-refractivity contribution < 1.29 is 19.1 Å². The van der Waals surface area contributed by atoms with Crippen LogP contribution < -0.4 is 0 Å². The van der Waals surface area contributed by atoms with Crippen LogP contribution in [0.5, 0.6) is 0 Å². The first-order valence-electron chi connectivity index (χ1n) is 9.70. The lowest BCUT2D eigenvalue weighted by Crippen LogP contribution is -2.09. The highest BCUT2D eigenvalue weighted by molar-refractivity contribution is 5.69. The summed E-state index contributed by atoms with van der Waals surface area (Å²) in [6.07, 6.45) is 11.6. The molecule has 0 aromatic carbocycles. The lowest BCUT2D eigenvalue weighted by atomic mass is 10.1.